The molecule has 4 rings (SSSR count). The molecule has 0 radical (unpaired) electrons. The highest BCUT2D eigenvalue weighted by Crippen LogP contribution is 2.47. The van der Waals surface area contributed by atoms with Crippen LogP contribution in [-0.2, 0) is 12.5 Å². The molecule has 0 unspecified atom stereocenters. The molecule has 3 aromatic rings. The van der Waals surface area contributed by atoms with Crippen molar-refractivity contribution in [3.63, 3.8) is 0 Å². The van der Waals surface area contributed by atoms with E-state index in [-0.39, 0.29) is 11.2 Å². The first-order chi connectivity index (χ1) is 14.9. The van der Waals surface area contributed by atoms with Crippen LogP contribution in [0.4, 0.5) is 0 Å². The number of allylic oxidation sites excluding steroid dienone is 1. The maximum Gasteiger partial charge on any atom is 0.261 e. The number of nitrogens with two attached hydrogens (primary N) is 2. The predicted octanol–water partition coefficient (Wildman–Crippen LogP) is 3.38. The molecule has 0 spiro atoms. The van der Waals surface area contributed by atoms with Gasteiger partial charge in [0.2, 0.25) is 0 Å². The van der Waals surface area contributed by atoms with Crippen LogP contribution in [0.1, 0.15) is 43.1 Å². The second-order valence-electron chi connectivity index (χ2n) is 8.10. The summed E-state index contributed by atoms with van der Waals surface area (Å²) in [6.45, 7) is 5.78. The first kappa shape index (κ1) is 20.6. The molecule has 8 heteroatoms. The fraction of sp³-hybridized carbons (Fsp3) is 0.304. The van der Waals surface area contributed by atoms with Crippen LogP contribution in [0.5, 0.6) is 0 Å². The minimum Gasteiger partial charge on any atom is -0.404 e. The van der Waals surface area contributed by atoms with Crippen LogP contribution in [0.2, 0.25) is 0 Å². The first-order valence-electron chi connectivity index (χ1n) is 10.3. The van der Waals surface area contributed by atoms with E-state index in [0.717, 1.165) is 35.1 Å². The molecule has 1 saturated carbocycles. The second-order valence-corrected chi connectivity index (χ2v) is 8.10. The Labute approximate surface area is 181 Å². The summed E-state index contributed by atoms with van der Waals surface area (Å²) in [5.74, 6) is 1.86. The summed E-state index contributed by atoms with van der Waals surface area (Å²) in [5, 5.41) is 8.57. The zero-order chi connectivity index (χ0) is 22.0. The monoisotopic (exact) mass is 417 g/mol. The van der Waals surface area contributed by atoms with Gasteiger partial charge in [-0.2, -0.15) is 10.1 Å². The molecule has 2 aromatic heterocycles. The lowest BCUT2D eigenvalue weighted by Gasteiger charge is -2.41. The van der Waals surface area contributed by atoms with E-state index >= 15 is 0 Å². The van der Waals surface area contributed by atoms with Gasteiger partial charge in [0, 0.05) is 31.2 Å². The van der Waals surface area contributed by atoms with Crippen molar-refractivity contribution in [1.82, 2.24) is 19.9 Å². The SMILES string of the molecule is C=C(N)/N=C\C(=C/N)c1ccc([C@@](C)(c2noc(-c3cnn(C)c3)n2)C2CCC2)cc1. The van der Waals surface area contributed by atoms with Crippen molar-refractivity contribution in [2.24, 2.45) is 29.4 Å². The highest BCUT2D eigenvalue weighted by Gasteiger charge is 2.44. The topological polar surface area (TPSA) is 121 Å². The Bertz CT molecular complexity index is 1130. The Morgan fingerprint density at radius 2 is 2.06 bits per heavy atom. The molecule has 1 aromatic carbocycles. The number of nitrogens with zero attached hydrogens (tertiary/aromatic N) is 5. The third-order valence-corrected chi connectivity index (χ3v) is 6.13. The molecule has 0 bridgehead atoms. The average Bonchev–Trinajstić information content (AvgIpc) is 3.36. The van der Waals surface area contributed by atoms with E-state index in [1.807, 2.05) is 25.4 Å². The third-order valence-electron chi connectivity index (χ3n) is 6.13. The van der Waals surface area contributed by atoms with E-state index in [1.165, 1.54) is 12.6 Å². The van der Waals surface area contributed by atoms with Gasteiger partial charge in [-0.3, -0.25) is 4.68 Å². The summed E-state index contributed by atoms with van der Waals surface area (Å²) in [6, 6.07) is 8.25. The van der Waals surface area contributed by atoms with Gasteiger partial charge in [0.15, 0.2) is 5.82 Å². The van der Waals surface area contributed by atoms with Gasteiger partial charge >= 0.3 is 0 Å². The summed E-state index contributed by atoms with van der Waals surface area (Å²) in [5.41, 5.74) is 14.6. The van der Waals surface area contributed by atoms with E-state index in [4.69, 9.17) is 21.0 Å². The molecule has 1 atom stereocenters. The number of benzene rings is 1. The number of hydrogen-bond donors (Lipinski definition) is 2. The number of hydrogen-bond acceptors (Lipinski definition) is 7. The normalized spacial score (nSPS) is 16.9. The summed E-state index contributed by atoms with van der Waals surface area (Å²) in [4.78, 5) is 8.81. The van der Waals surface area contributed by atoms with Gasteiger partial charge in [0.1, 0.15) is 5.82 Å². The zero-order valence-corrected chi connectivity index (χ0v) is 17.8. The van der Waals surface area contributed by atoms with Crippen molar-refractivity contribution in [3.05, 3.63) is 72.2 Å². The summed E-state index contributed by atoms with van der Waals surface area (Å²) in [7, 11) is 1.86. The highest BCUT2D eigenvalue weighted by molar-refractivity contribution is 6.09. The van der Waals surface area contributed by atoms with Gasteiger partial charge in [-0.05, 0) is 36.8 Å². The van der Waals surface area contributed by atoms with Gasteiger partial charge in [0.05, 0.1) is 17.2 Å². The fourth-order valence-corrected chi connectivity index (χ4v) is 3.99. The van der Waals surface area contributed by atoms with Crippen molar-refractivity contribution in [1.29, 1.82) is 0 Å². The minimum absolute atomic E-state index is 0.232. The molecule has 4 N–H and O–H groups in total. The lowest BCUT2D eigenvalue weighted by Crippen LogP contribution is -2.38. The number of rotatable bonds is 7. The summed E-state index contributed by atoms with van der Waals surface area (Å²) in [6.07, 6.45) is 10.2. The number of aliphatic imine (C=N–C) groups is 1. The van der Waals surface area contributed by atoms with Crippen LogP contribution in [0.3, 0.4) is 0 Å². The van der Waals surface area contributed by atoms with Crippen LogP contribution < -0.4 is 11.5 Å². The van der Waals surface area contributed by atoms with E-state index in [9.17, 15) is 0 Å². The average molecular weight is 418 g/mol. The molecule has 2 heterocycles. The maximum absolute atomic E-state index is 5.78. The Morgan fingerprint density at radius 3 is 2.61 bits per heavy atom. The third kappa shape index (κ3) is 3.88. The standard InChI is InChI=1S/C23H27N7O/c1-15(25)26-12-17(11-24)16-7-9-20(10-8-16)23(2,19-5-4-6-19)22-28-21(31-29-22)18-13-27-30(3)14-18/h7-14,19H,1,4-6,24-25H2,2-3H3/b17-11+,26-12-/t23-/m0/s1. The van der Waals surface area contributed by atoms with Gasteiger partial charge in [-0.15, -0.1) is 0 Å². The lowest BCUT2D eigenvalue weighted by atomic mass is 9.62. The summed E-state index contributed by atoms with van der Waals surface area (Å²) < 4.78 is 7.32. The zero-order valence-electron chi connectivity index (χ0n) is 17.8. The fourth-order valence-electron chi connectivity index (χ4n) is 3.99. The molecule has 0 aliphatic heterocycles. The molecule has 31 heavy (non-hydrogen) atoms. The molecular formula is C23H27N7O. The molecule has 8 nitrogen and oxygen atoms in total. The number of aryl methyl sites for hydroxylation is 1. The first-order valence-corrected chi connectivity index (χ1v) is 10.3. The van der Waals surface area contributed by atoms with Crippen molar-refractivity contribution in [2.45, 2.75) is 31.6 Å². The molecule has 0 saturated heterocycles. The molecule has 1 aliphatic rings. The van der Waals surface area contributed by atoms with Gasteiger partial charge < -0.3 is 16.0 Å². The van der Waals surface area contributed by atoms with Crippen molar-refractivity contribution in [3.8, 4) is 11.5 Å². The Kier molecular flexibility index (Phi) is 5.46. The van der Waals surface area contributed by atoms with Crippen LogP contribution >= 0.6 is 0 Å². The molecular weight excluding hydrogens is 390 g/mol. The van der Waals surface area contributed by atoms with Crippen molar-refractivity contribution >= 4 is 11.8 Å². The van der Waals surface area contributed by atoms with Crippen molar-refractivity contribution in [2.75, 3.05) is 0 Å². The minimum atomic E-state index is -0.354. The Balaban J connectivity index is 1.68. The van der Waals surface area contributed by atoms with Crippen LogP contribution in [-0.4, -0.2) is 26.1 Å². The van der Waals surface area contributed by atoms with E-state index < -0.39 is 0 Å². The van der Waals surface area contributed by atoms with Crippen molar-refractivity contribution < 1.29 is 4.52 Å². The molecule has 1 fully saturated rings. The molecule has 1 aliphatic carbocycles. The quantitative estimate of drug-likeness (QED) is 0.569. The highest BCUT2D eigenvalue weighted by atomic mass is 16.5. The van der Waals surface area contributed by atoms with Crippen LogP contribution in [0.15, 0.2) is 64.8 Å². The molecule has 160 valence electrons. The van der Waals surface area contributed by atoms with Gasteiger partial charge in [0.25, 0.3) is 5.89 Å². The van der Waals surface area contributed by atoms with E-state index in [1.54, 1.807) is 17.1 Å². The summed E-state index contributed by atoms with van der Waals surface area (Å²) >= 11 is 0. The smallest absolute Gasteiger partial charge is 0.261 e. The van der Waals surface area contributed by atoms with E-state index in [2.05, 4.69) is 40.9 Å². The van der Waals surface area contributed by atoms with Crippen LogP contribution in [0, 0.1) is 5.92 Å². The van der Waals surface area contributed by atoms with E-state index in [0.29, 0.717) is 17.6 Å². The predicted molar refractivity (Wildman–Crippen MR) is 121 cm³/mol. The largest absolute Gasteiger partial charge is 0.404 e. The Hall–Kier alpha value is -3.68. The number of aromatic nitrogens is 4. The van der Waals surface area contributed by atoms with Crippen LogP contribution in [0.25, 0.3) is 17.0 Å². The van der Waals surface area contributed by atoms with Gasteiger partial charge in [-0.1, -0.05) is 42.4 Å². The maximum atomic E-state index is 5.78. The Morgan fingerprint density at radius 1 is 1.32 bits per heavy atom. The van der Waals surface area contributed by atoms with Gasteiger partial charge in [-0.25, -0.2) is 4.99 Å². The second kappa shape index (κ2) is 8.22. The lowest BCUT2D eigenvalue weighted by molar-refractivity contribution is 0.199. The molecule has 0 amide bonds.